The molecule has 4 rings (SSSR count). The third-order valence-corrected chi connectivity index (χ3v) is 4.53. The first-order valence-electron chi connectivity index (χ1n) is 8.82. The minimum atomic E-state index is -0.207. The Kier molecular flexibility index (Phi) is 5.92. The number of hydrogen-bond acceptors (Lipinski definition) is 2. The lowest BCUT2D eigenvalue weighted by Gasteiger charge is -2.16. The van der Waals surface area contributed by atoms with Gasteiger partial charge in [-0.3, -0.25) is 9.98 Å². The molecule has 0 fully saturated rings. The second-order valence-electron chi connectivity index (χ2n) is 6.35. The molecule has 0 saturated carbocycles. The molecule has 0 bridgehead atoms. The summed E-state index contributed by atoms with van der Waals surface area (Å²) in [5, 5.41) is 0. The number of allylic oxidation sites excluding steroid dienone is 1. The molecule has 2 aromatic carbocycles. The van der Waals surface area contributed by atoms with Crippen molar-refractivity contribution in [2.75, 3.05) is 6.54 Å². The monoisotopic (exact) mass is 358 g/mol. The number of hydrogen-bond donors (Lipinski definition) is 0. The summed E-state index contributed by atoms with van der Waals surface area (Å²) in [4.78, 5) is 8.87. The Morgan fingerprint density at radius 2 is 1.74 bits per heavy atom. The molecule has 27 heavy (non-hydrogen) atoms. The molecule has 1 aliphatic rings. The normalized spacial score (nSPS) is 15.1. The molecular weight excluding hydrogens is 335 g/mol. The fraction of sp³-hybridized carbons (Fsp3) is 0.167. The zero-order valence-electron chi connectivity index (χ0n) is 14.4. The topological polar surface area (TPSA) is 25.2 Å². The number of halogens is 1. The third kappa shape index (κ3) is 4.20. The van der Waals surface area contributed by atoms with Gasteiger partial charge in [-0.15, -0.1) is 0 Å². The van der Waals surface area contributed by atoms with Crippen LogP contribution in [0.3, 0.4) is 0 Å². The molecule has 3 aromatic rings. The molecule has 0 saturated heterocycles. The Bertz CT molecular complexity index is 960. The van der Waals surface area contributed by atoms with Crippen molar-refractivity contribution < 1.29 is 4.39 Å². The summed E-state index contributed by atoms with van der Waals surface area (Å²) in [6, 6.07) is 19.0. The van der Waals surface area contributed by atoms with Crippen LogP contribution < -0.4 is 0 Å². The quantitative estimate of drug-likeness (QED) is 0.548. The first kappa shape index (κ1) is 18.7. The van der Waals surface area contributed by atoms with E-state index < -0.39 is 0 Å². The summed E-state index contributed by atoms with van der Waals surface area (Å²) in [6.45, 7) is 0.822. The summed E-state index contributed by atoms with van der Waals surface area (Å²) in [7, 11) is 0. The van der Waals surface area contributed by atoms with Gasteiger partial charge in [0, 0.05) is 30.1 Å². The predicted molar refractivity (Wildman–Crippen MR) is 111 cm³/mol. The van der Waals surface area contributed by atoms with Crippen LogP contribution in [-0.2, 0) is 0 Å². The van der Waals surface area contributed by atoms with E-state index in [1.54, 1.807) is 12.3 Å². The Labute approximate surface area is 160 Å². The smallest absolute Gasteiger partial charge is 0.131 e. The van der Waals surface area contributed by atoms with Crippen LogP contribution >= 0.6 is 0 Å². The molecule has 2 heterocycles. The van der Waals surface area contributed by atoms with Gasteiger partial charge in [0.15, 0.2) is 0 Å². The van der Waals surface area contributed by atoms with Crippen molar-refractivity contribution in [1.29, 1.82) is 0 Å². The first-order chi connectivity index (χ1) is 12.8. The molecule has 0 spiro atoms. The van der Waals surface area contributed by atoms with Gasteiger partial charge in [-0.25, -0.2) is 4.39 Å². The molecule has 0 amide bonds. The Balaban J connectivity index is 0.00000210. The van der Waals surface area contributed by atoms with E-state index in [2.05, 4.69) is 9.98 Å². The number of aliphatic imine (C=N–C) groups is 1. The van der Waals surface area contributed by atoms with Crippen LogP contribution in [0.2, 0.25) is 0 Å². The van der Waals surface area contributed by atoms with Gasteiger partial charge >= 0.3 is 0 Å². The van der Waals surface area contributed by atoms with Gasteiger partial charge in [-0.1, -0.05) is 49.9 Å². The Hall–Kier alpha value is -3.07. The molecule has 0 aliphatic carbocycles. The molecule has 1 aliphatic heterocycles. The zero-order valence-corrected chi connectivity index (χ0v) is 14.4. The van der Waals surface area contributed by atoms with Gasteiger partial charge in [0.05, 0.1) is 5.71 Å². The minimum Gasteiger partial charge on any atom is -0.284 e. The number of nitrogens with zero attached hydrogens (tertiary/aromatic N) is 2. The average molecular weight is 358 g/mol. The van der Waals surface area contributed by atoms with Crippen LogP contribution in [0.5, 0.6) is 0 Å². The fourth-order valence-electron chi connectivity index (χ4n) is 3.27. The van der Waals surface area contributed by atoms with Gasteiger partial charge in [0.1, 0.15) is 5.82 Å². The van der Waals surface area contributed by atoms with Gasteiger partial charge in [0.25, 0.3) is 0 Å². The van der Waals surface area contributed by atoms with Crippen molar-refractivity contribution in [1.82, 2.24) is 4.98 Å². The van der Waals surface area contributed by atoms with E-state index in [1.807, 2.05) is 66.9 Å². The van der Waals surface area contributed by atoms with Crippen LogP contribution in [-0.4, -0.2) is 17.2 Å². The van der Waals surface area contributed by atoms with Crippen molar-refractivity contribution >= 4 is 11.8 Å². The lowest BCUT2D eigenvalue weighted by atomic mass is 9.94. The third-order valence-electron chi connectivity index (χ3n) is 4.53. The highest BCUT2D eigenvalue weighted by molar-refractivity contribution is 6.15. The summed E-state index contributed by atoms with van der Waals surface area (Å²) < 4.78 is 14.6. The van der Waals surface area contributed by atoms with Crippen LogP contribution in [0.15, 0.2) is 83.6 Å². The van der Waals surface area contributed by atoms with Crippen LogP contribution in [0.1, 0.15) is 31.4 Å². The first-order valence-corrected chi connectivity index (χ1v) is 8.82. The number of benzene rings is 2. The van der Waals surface area contributed by atoms with Gasteiger partial charge < -0.3 is 0 Å². The van der Waals surface area contributed by atoms with Gasteiger partial charge in [-0.2, -0.15) is 0 Å². The predicted octanol–water partition coefficient (Wildman–Crippen LogP) is 6.19. The van der Waals surface area contributed by atoms with E-state index in [-0.39, 0.29) is 13.2 Å². The van der Waals surface area contributed by atoms with E-state index in [9.17, 15) is 4.39 Å². The standard InChI is InChI=1S/C23H19FN2.CH4/c24-22-15-17(10-11-21(22)18-6-2-1-3-7-18)14-19-8-5-13-26-23(19)20-9-4-12-25-16-20;/h1-4,6-7,9-12,14-16H,5,8,13H2;1H4/b19-14+;. The van der Waals surface area contributed by atoms with Crippen molar-refractivity contribution in [2.45, 2.75) is 20.3 Å². The molecule has 0 radical (unpaired) electrons. The van der Waals surface area contributed by atoms with Crippen molar-refractivity contribution in [3.05, 3.63) is 95.6 Å². The van der Waals surface area contributed by atoms with Crippen LogP contribution in [0, 0.1) is 5.82 Å². The van der Waals surface area contributed by atoms with E-state index in [0.29, 0.717) is 5.56 Å². The minimum absolute atomic E-state index is 0. The van der Waals surface area contributed by atoms with E-state index in [1.165, 1.54) is 0 Å². The molecule has 1 aromatic heterocycles. The van der Waals surface area contributed by atoms with E-state index in [4.69, 9.17) is 0 Å². The molecular formula is C24H23FN2. The summed E-state index contributed by atoms with van der Waals surface area (Å²) in [5.41, 5.74) is 5.49. The molecule has 2 nitrogen and oxygen atoms in total. The molecule has 0 atom stereocenters. The second kappa shape index (κ2) is 8.54. The zero-order chi connectivity index (χ0) is 17.8. The number of pyridine rings is 1. The van der Waals surface area contributed by atoms with Gasteiger partial charge in [0.2, 0.25) is 0 Å². The average Bonchev–Trinajstić information content (AvgIpc) is 2.70. The molecule has 0 unspecified atom stereocenters. The van der Waals surface area contributed by atoms with Crippen molar-refractivity contribution in [3.63, 3.8) is 0 Å². The Morgan fingerprint density at radius 3 is 2.48 bits per heavy atom. The van der Waals surface area contributed by atoms with Crippen LogP contribution in [0.4, 0.5) is 4.39 Å². The number of rotatable bonds is 3. The summed E-state index contributed by atoms with van der Waals surface area (Å²) in [6.07, 6.45) is 7.59. The molecule has 0 N–H and O–H groups in total. The Morgan fingerprint density at radius 1 is 0.926 bits per heavy atom. The fourth-order valence-corrected chi connectivity index (χ4v) is 3.27. The highest BCUT2D eigenvalue weighted by Gasteiger charge is 2.14. The van der Waals surface area contributed by atoms with E-state index in [0.717, 1.165) is 47.4 Å². The maximum absolute atomic E-state index is 14.6. The van der Waals surface area contributed by atoms with Crippen molar-refractivity contribution in [2.24, 2.45) is 4.99 Å². The molecule has 136 valence electrons. The number of aromatic nitrogens is 1. The highest BCUT2D eigenvalue weighted by atomic mass is 19.1. The largest absolute Gasteiger partial charge is 0.284 e. The lowest BCUT2D eigenvalue weighted by Crippen LogP contribution is -2.11. The lowest BCUT2D eigenvalue weighted by molar-refractivity contribution is 0.631. The maximum Gasteiger partial charge on any atom is 0.131 e. The van der Waals surface area contributed by atoms with Crippen LogP contribution in [0.25, 0.3) is 17.2 Å². The van der Waals surface area contributed by atoms with Gasteiger partial charge in [-0.05, 0) is 53.8 Å². The van der Waals surface area contributed by atoms with E-state index >= 15 is 0 Å². The second-order valence-corrected chi connectivity index (χ2v) is 6.35. The van der Waals surface area contributed by atoms with Crippen molar-refractivity contribution in [3.8, 4) is 11.1 Å². The summed E-state index contributed by atoms with van der Waals surface area (Å²) in [5.74, 6) is -0.207. The summed E-state index contributed by atoms with van der Waals surface area (Å²) >= 11 is 0. The molecule has 3 heteroatoms. The highest BCUT2D eigenvalue weighted by Crippen LogP contribution is 2.26. The SMILES string of the molecule is C.Fc1cc(/C=C2\CCCN=C2c2cccnc2)ccc1-c1ccccc1. The maximum atomic E-state index is 14.6.